The second-order valence-corrected chi connectivity index (χ2v) is 6.31. The maximum atomic E-state index is 13.0. The summed E-state index contributed by atoms with van der Waals surface area (Å²) in [5.74, 6) is 1.22. The van der Waals surface area contributed by atoms with E-state index in [1.807, 2.05) is 48.5 Å². The number of carbonyl (C=O) groups is 1. The third-order valence-corrected chi connectivity index (χ3v) is 4.54. The van der Waals surface area contributed by atoms with E-state index < -0.39 is 0 Å². The number of nitrogens with zero attached hydrogens (tertiary/aromatic N) is 2. The number of amides is 1. The fourth-order valence-electron chi connectivity index (χ4n) is 3.05. The van der Waals surface area contributed by atoms with E-state index in [-0.39, 0.29) is 12.1 Å². The first-order chi connectivity index (χ1) is 12.7. The van der Waals surface area contributed by atoms with Crippen molar-refractivity contribution in [2.45, 2.75) is 6.17 Å². The Morgan fingerprint density at radius 2 is 1.85 bits per heavy atom. The summed E-state index contributed by atoms with van der Waals surface area (Å²) in [6.07, 6.45) is 1.18. The van der Waals surface area contributed by atoms with Gasteiger partial charge in [-0.1, -0.05) is 29.8 Å². The number of hydrogen-bond acceptors (Lipinski definition) is 4. The molecular weight excluding hydrogens is 350 g/mol. The molecule has 5 nitrogen and oxygen atoms in total. The molecule has 0 radical (unpaired) electrons. The number of halogens is 1. The van der Waals surface area contributed by atoms with Crippen LogP contribution in [0.25, 0.3) is 0 Å². The molecule has 4 rings (SSSR count). The Kier molecular flexibility index (Phi) is 4.22. The molecule has 0 aliphatic carbocycles. The Balaban J connectivity index is 1.74. The van der Waals surface area contributed by atoms with E-state index in [1.54, 1.807) is 24.1 Å². The lowest BCUT2D eigenvalue weighted by atomic mass is 10.1. The Morgan fingerprint density at radius 1 is 1.08 bits per heavy atom. The Labute approximate surface area is 156 Å². The zero-order valence-electron chi connectivity index (χ0n) is 14.0. The van der Waals surface area contributed by atoms with Gasteiger partial charge in [-0.05, 0) is 42.5 Å². The van der Waals surface area contributed by atoms with E-state index in [1.165, 1.54) is 6.20 Å². The average molecular weight is 366 g/mol. The minimum atomic E-state index is -0.360. The van der Waals surface area contributed by atoms with Crippen molar-refractivity contribution >= 4 is 29.0 Å². The first kappa shape index (κ1) is 16.4. The van der Waals surface area contributed by atoms with Gasteiger partial charge in [0.05, 0.1) is 12.1 Å². The molecular formula is C20H16ClN3O2. The predicted molar refractivity (Wildman–Crippen MR) is 102 cm³/mol. The van der Waals surface area contributed by atoms with Crippen molar-refractivity contribution in [3.05, 3.63) is 83.0 Å². The molecule has 0 saturated heterocycles. The van der Waals surface area contributed by atoms with Crippen LogP contribution in [0, 0.1) is 0 Å². The maximum Gasteiger partial charge on any atom is 0.261 e. The number of hydrogen-bond donors (Lipinski definition) is 1. The van der Waals surface area contributed by atoms with Crippen LogP contribution in [0.3, 0.4) is 0 Å². The second-order valence-electron chi connectivity index (χ2n) is 5.87. The summed E-state index contributed by atoms with van der Waals surface area (Å²) >= 11 is 5.95. The van der Waals surface area contributed by atoms with Crippen molar-refractivity contribution in [3.63, 3.8) is 0 Å². The number of nitrogens with one attached hydrogen (secondary N) is 1. The van der Waals surface area contributed by atoms with Gasteiger partial charge in [-0.2, -0.15) is 0 Å². The third-order valence-electron chi connectivity index (χ3n) is 4.31. The SMILES string of the molecule is COc1ccc(NC2c3ccccc3C(=O)N2c2ccc(Cl)cn2)cc1. The number of carbonyl (C=O) groups excluding carboxylic acids is 1. The van der Waals surface area contributed by atoms with Crippen molar-refractivity contribution in [1.82, 2.24) is 4.98 Å². The van der Waals surface area contributed by atoms with Crippen LogP contribution in [0.4, 0.5) is 11.5 Å². The van der Waals surface area contributed by atoms with Crippen LogP contribution in [0.5, 0.6) is 5.75 Å². The van der Waals surface area contributed by atoms with Crippen molar-refractivity contribution in [2.75, 3.05) is 17.3 Å². The van der Waals surface area contributed by atoms with Crippen LogP contribution in [0.1, 0.15) is 22.1 Å². The van der Waals surface area contributed by atoms with E-state index in [4.69, 9.17) is 16.3 Å². The summed E-state index contributed by atoms with van der Waals surface area (Å²) in [4.78, 5) is 18.9. The molecule has 0 spiro atoms. The fourth-order valence-corrected chi connectivity index (χ4v) is 3.16. The van der Waals surface area contributed by atoms with Gasteiger partial charge < -0.3 is 10.1 Å². The minimum Gasteiger partial charge on any atom is -0.497 e. The van der Waals surface area contributed by atoms with Crippen molar-refractivity contribution in [2.24, 2.45) is 0 Å². The molecule has 1 aliphatic heterocycles. The number of anilines is 2. The lowest BCUT2D eigenvalue weighted by Crippen LogP contribution is -2.32. The average Bonchev–Trinajstić information content (AvgIpc) is 2.95. The molecule has 1 N–H and O–H groups in total. The molecule has 2 heterocycles. The summed E-state index contributed by atoms with van der Waals surface area (Å²) in [7, 11) is 1.63. The first-order valence-corrected chi connectivity index (χ1v) is 8.50. The summed E-state index contributed by atoms with van der Waals surface area (Å²) in [5.41, 5.74) is 2.44. The Hall–Kier alpha value is -3.05. The lowest BCUT2D eigenvalue weighted by molar-refractivity contribution is 0.0992. The molecule has 1 atom stereocenters. The molecule has 26 heavy (non-hydrogen) atoms. The van der Waals surface area contributed by atoms with E-state index in [0.717, 1.165) is 17.0 Å². The van der Waals surface area contributed by atoms with E-state index >= 15 is 0 Å². The van der Waals surface area contributed by atoms with Gasteiger partial charge >= 0.3 is 0 Å². The molecule has 3 aromatic rings. The molecule has 0 bridgehead atoms. The fraction of sp³-hybridized carbons (Fsp3) is 0.100. The quantitative estimate of drug-likeness (QED) is 0.738. The summed E-state index contributed by atoms with van der Waals surface area (Å²) in [5, 5.41) is 3.94. The predicted octanol–water partition coefficient (Wildman–Crippen LogP) is 4.51. The van der Waals surface area contributed by atoms with Gasteiger partial charge in [0, 0.05) is 23.0 Å². The number of aromatic nitrogens is 1. The summed E-state index contributed by atoms with van der Waals surface area (Å²) < 4.78 is 5.20. The van der Waals surface area contributed by atoms with Crippen LogP contribution >= 0.6 is 11.6 Å². The highest BCUT2D eigenvalue weighted by molar-refractivity contribution is 6.30. The van der Waals surface area contributed by atoms with Gasteiger partial charge in [0.15, 0.2) is 0 Å². The summed E-state index contributed by atoms with van der Waals surface area (Å²) in [6, 6.07) is 18.6. The minimum absolute atomic E-state index is 0.0959. The number of benzene rings is 2. The molecule has 1 amide bonds. The van der Waals surface area contributed by atoms with Gasteiger partial charge in [-0.15, -0.1) is 0 Å². The number of rotatable bonds is 4. The highest BCUT2D eigenvalue weighted by atomic mass is 35.5. The topological polar surface area (TPSA) is 54.5 Å². The molecule has 0 saturated carbocycles. The zero-order valence-corrected chi connectivity index (χ0v) is 14.8. The van der Waals surface area contributed by atoms with Crippen LogP contribution in [-0.2, 0) is 0 Å². The van der Waals surface area contributed by atoms with Gasteiger partial charge in [-0.25, -0.2) is 4.98 Å². The van der Waals surface area contributed by atoms with Gasteiger partial charge in [0.25, 0.3) is 5.91 Å². The van der Waals surface area contributed by atoms with E-state index in [9.17, 15) is 4.79 Å². The summed E-state index contributed by atoms with van der Waals surface area (Å²) in [6.45, 7) is 0. The van der Waals surface area contributed by atoms with Gasteiger partial charge in [0.2, 0.25) is 0 Å². The first-order valence-electron chi connectivity index (χ1n) is 8.12. The molecule has 130 valence electrons. The number of pyridine rings is 1. The van der Waals surface area contributed by atoms with Crippen LogP contribution in [0.2, 0.25) is 5.02 Å². The second kappa shape index (κ2) is 6.69. The van der Waals surface area contributed by atoms with Gasteiger partial charge in [0.1, 0.15) is 17.7 Å². The Bertz CT molecular complexity index is 942. The maximum absolute atomic E-state index is 13.0. The normalized spacial score (nSPS) is 15.7. The molecule has 1 unspecified atom stereocenters. The van der Waals surface area contributed by atoms with Gasteiger partial charge in [-0.3, -0.25) is 9.69 Å². The Morgan fingerprint density at radius 3 is 2.54 bits per heavy atom. The molecule has 6 heteroatoms. The van der Waals surface area contributed by atoms with E-state index in [2.05, 4.69) is 10.3 Å². The molecule has 1 aliphatic rings. The zero-order chi connectivity index (χ0) is 18.1. The van der Waals surface area contributed by atoms with Crippen LogP contribution in [0.15, 0.2) is 66.9 Å². The number of fused-ring (bicyclic) bond motifs is 1. The van der Waals surface area contributed by atoms with E-state index in [0.29, 0.717) is 16.4 Å². The molecule has 2 aromatic carbocycles. The molecule has 1 aromatic heterocycles. The van der Waals surface area contributed by atoms with Crippen molar-refractivity contribution < 1.29 is 9.53 Å². The van der Waals surface area contributed by atoms with Crippen LogP contribution < -0.4 is 15.0 Å². The van der Waals surface area contributed by atoms with Crippen molar-refractivity contribution in [3.8, 4) is 5.75 Å². The highest BCUT2D eigenvalue weighted by Crippen LogP contribution is 2.37. The number of methoxy groups -OCH3 is 1. The molecule has 0 fully saturated rings. The lowest BCUT2D eigenvalue weighted by Gasteiger charge is -2.26. The monoisotopic (exact) mass is 365 g/mol. The number of ether oxygens (including phenoxy) is 1. The third kappa shape index (κ3) is 2.86. The van der Waals surface area contributed by atoms with Crippen molar-refractivity contribution in [1.29, 1.82) is 0 Å². The standard InChI is InChI=1S/C20H16ClN3O2/c1-26-15-9-7-14(8-10-15)23-19-16-4-2-3-5-17(16)20(25)24(19)18-11-6-13(21)12-22-18/h2-12,19,23H,1H3. The largest absolute Gasteiger partial charge is 0.497 e. The van der Waals surface area contributed by atoms with Crippen LogP contribution in [-0.4, -0.2) is 18.0 Å². The highest BCUT2D eigenvalue weighted by Gasteiger charge is 2.38. The smallest absolute Gasteiger partial charge is 0.261 e.